The van der Waals surface area contributed by atoms with Gasteiger partial charge in [0.05, 0.1) is 11.5 Å². The number of ether oxygens (including phenoxy) is 1. The zero-order chi connectivity index (χ0) is 13.1. The summed E-state index contributed by atoms with van der Waals surface area (Å²) in [5, 5.41) is 0.150. The maximum absolute atomic E-state index is 6.52. The van der Waals surface area contributed by atoms with Crippen LogP contribution in [0.3, 0.4) is 0 Å². The fraction of sp³-hybridized carbons (Fsp3) is 0.625. The van der Waals surface area contributed by atoms with Crippen molar-refractivity contribution in [2.75, 3.05) is 6.61 Å². The van der Waals surface area contributed by atoms with Gasteiger partial charge in [0.2, 0.25) is 0 Å². The first-order chi connectivity index (χ1) is 8.60. The van der Waals surface area contributed by atoms with Gasteiger partial charge in [-0.05, 0) is 62.6 Å². The lowest BCUT2D eigenvalue weighted by molar-refractivity contribution is -0.0267. The molecule has 100 valence electrons. The molecule has 1 aromatic carbocycles. The molecule has 1 aromatic rings. The second-order valence-electron chi connectivity index (χ2n) is 5.46. The molecule has 0 amide bonds. The monoisotopic (exact) mass is 266 g/mol. The lowest BCUT2D eigenvalue weighted by atomic mass is 9.78. The van der Waals surface area contributed by atoms with E-state index in [1.54, 1.807) is 0 Å². The highest BCUT2D eigenvalue weighted by Crippen LogP contribution is 2.39. The third kappa shape index (κ3) is 3.27. The number of hydrogen-bond donors (Lipinski definition) is 0. The van der Waals surface area contributed by atoms with Crippen molar-refractivity contribution in [3.8, 4) is 0 Å². The minimum Gasteiger partial charge on any atom is -0.378 e. The molecule has 2 heteroatoms. The van der Waals surface area contributed by atoms with Crippen molar-refractivity contribution >= 4 is 11.6 Å². The van der Waals surface area contributed by atoms with Crippen molar-refractivity contribution in [3.05, 3.63) is 34.9 Å². The summed E-state index contributed by atoms with van der Waals surface area (Å²) in [6, 6.07) is 6.56. The van der Waals surface area contributed by atoms with Crippen molar-refractivity contribution in [3.63, 3.8) is 0 Å². The van der Waals surface area contributed by atoms with Gasteiger partial charge in [0.15, 0.2) is 0 Å². The molecule has 1 aliphatic rings. The Morgan fingerprint density at radius 1 is 1.28 bits per heavy atom. The van der Waals surface area contributed by atoms with Crippen LogP contribution in [0.1, 0.15) is 48.3 Å². The van der Waals surface area contributed by atoms with E-state index >= 15 is 0 Å². The molecule has 1 aliphatic carbocycles. The third-order valence-corrected chi connectivity index (χ3v) is 4.46. The average Bonchev–Trinajstić information content (AvgIpc) is 2.30. The van der Waals surface area contributed by atoms with Crippen molar-refractivity contribution in [2.24, 2.45) is 5.92 Å². The lowest BCUT2D eigenvalue weighted by Gasteiger charge is -2.36. The lowest BCUT2D eigenvalue weighted by Crippen LogP contribution is -2.31. The Morgan fingerprint density at radius 3 is 2.61 bits per heavy atom. The average molecular weight is 267 g/mol. The van der Waals surface area contributed by atoms with E-state index in [4.69, 9.17) is 16.3 Å². The van der Waals surface area contributed by atoms with Crippen LogP contribution in [0, 0.1) is 19.8 Å². The number of rotatable bonds is 5. The van der Waals surface area contributed by atoms with E-state index in [-0.39, 0.29) is 5.38 Å². The number of aryl methyl sites for hydroxylation is 2. The summed E-state index contributed by atoms with van der Waals surface area (Å²) >= 11 is 6.52. The number of alkyl halides is 1. The summed E-state index contributed by atoms with van der Waals surface area (Å²) in [5.41, 5.74) is 3.93. The summed E-state index contributed by atoms with van der Waals surface area (Å²) in [4.78, 5) is 0. The van der Waals surface area contributed by atoms with E-state index in [9.17, 15) is 0 Å². The summed E-state index contributed by atoms with van der Waals surface area (Å²) in [6.07, 6.45) is 3.93. The van der Waals surface area contributed by atoms with E-state index in [0.29, 0.717) is 6.10 Å². The SMILES string of the molecule is CCOC1CC(CC(Cl)c2ccc(C)c(C)c2)C1. The van der Waals surface area contributed by atoms with Gasteiger partial charge in [-0.25, -0.2) is 0 Å². The van der Waals surface area contributed by atoms with Crippen LogP contribution in [-0.4, -0.2) is 12.7 Å². The molecular weight excluding hydrogens is 244 g/mol. The summed E-state index contributed by atoms with van der Waals surface area (Å²) in [7, 11) is 0. The van der Waals surface area contributed by atoms with Crippen molar-refractivity contribution in [1.29, 1.82) is 0 Å². The topological polar surface area (TPSA) is 9.23 Å². The van der Waals surface area contributed by atoms with Gasteiger partial charge in [-0.2, -0.15) is 0 Å². The van der Waals surface area contributed by atoms with Crippen molar-refractivity contribution < 1.29 is 4.74 Å². The molecule has 1 nitrogen and oxygen atoms in total. The second kappa shape index (κ2) is 6.08. The van der Waals surface area contributed by atoms with Gasteiger partial charge >= 0.3 is 0 Å². The molecule has 1 fully saturated rings. The van der Waals surface area contributed by atoms with Crippen LogP contribution in [0.4, 0.5) is 0 Å². The van der Waals surface area contributed by atoms with Crippen LogP contribution in [0.25, 0.3) is 0 Å². The highest BCUT2D eigenvalue weighted by atomic mass is 35.5. The normalized spacial score (nSPS) is 24.7. The Morgan fingerprint density at radius 2 is 2.00 bits per heavy atom. The zero-order valence-corrected chi connectivity index (χ0v) is 12.3. The molecule has 18 heavy (non-hydrogen) atoms. The highest BCUT2D eigenvalue weighted by molar-refractivity contribution is 6.20. The fourth-order valence-corrected chi connectivity index (χ4v) is 3.01. The van der Waals surface area contributed by atoms with Gasteiger partial charge in [0, 0.05) is 6.61 Å². The number of hydrogen-bond acceptors (Lipinski definition) is 1. The van der Waals surface area contributed by atoms with Crippen LogP contribution < -0.4 is 0 Å². The first-order valence-electron chi connectivity index (χ1n) is 6.93. The van der Waals surface area contributed by atoms with Crippen LogP contribution in [-0.2, 0) is 4.74 Å². The first-order valence-corrected chi connectivity index (χ1v) is 7.36. The van der Waals surface area contributed by atoms with Crippen molar-refractivity contribution in [2.45, 2.75) is 51.5 Å². The van der Waals surface area contributed by atoms with E-state index in [0.717, 1.165) is 18.9 Å². The van der Waals surface area contributed by atoms with E-state index in [1.807, 2.05) is 0 Å². The molecule has 2 rings (SSSR count). The standard InChI is InChI=1S/C16H23ClO/c1-4-18-15-8-13(9-15)10-16(17)14-6-5-11(2)12(3)7-14/h5-7,13,15-16H,4,8-10H2,1-3H3. The molecule has 1 atom stereocenters. The summed E-state index contributed by atoms with van der Waals surface area (Å²) in [6.45, 7) is 7.18. The minimum atomic E-state index is 0.150. The largest absolute Gasteiger partial charge is 0.378 e. The summed E-state index contributed by atoms with van der Waals surface area (Å²) < 4.78 is 5.59. The zero-order valence-electron chi connectivity index (χ0n) is 11.6. The predicted octanol–water partition coefficient (Wildman–Crippen LogP) is 4.79. The molecule has 1 saturated carbocycles. The third-order valence-electron chi connectivity index (χ3n) is 4.03. The second-order valence-corrected chi connectivity index (χ2v) is 5.99. The van der Waals surface area contributed by atoms with Gasteiger partial charge in [0.1, 0.15) is 0 Å². The summed E-state index contributed by atoms with van der Waals surface area (Å²) in [5.74, 6) is 0.741. The van der Waals surface area contributed by atoms with Crippen LogP contribution in [0.2, 0.25) is 0 Å². The molecule has 0 N–H and O–H groups in total. The van der Waals surface area contributed by atoms with Gasteiger partial charge in [-0.15, -0.1) is 11.6 Å². The smallest absolute Gasteiger partial charge is 0.0588 e. The number of benzene rings is 1. The molecule has 0 bridgehead atoms. The van der Waals surface area contributed by atoms with Crippen LogP contribution >= 0.6 is 11.6 Å². The van der Waals surface area contributed by atoms with Crippen molar-refractivity contribution in [1.82, 2.24) is 0 Å². The van der Waals surface area contributed by atoms with Gasteiger partial charge in [0.25, 0.3) is 0 Å². The van der Waals surface area contributed by atoms with Crippen LogP contribution in [0.5, 0.6) is 0 Å². The molecule has 1 unspecified atom stereocenters. The molecular formula is C16H23ClO. The Kier molecular flexibility index (Phi) is 4.69. The van der Waals surface area contributed by atoms with Gasteiger partial charge in [-0.1, -0.05) is 18.2 Å². The maximum atomic E-state index is 6.52. The minimum absolute atomic E-state index is 0.150. The molecule has 0 radical (unpaired) electrons. The molecule has 0 saturated heterocycles. The quantitative estimate of drug-likeness (QED) is 0.697. The van der Waals surface area contributed by atoms with Gasteiger partial charge in [-0.3, -0.25) is 0 Å². The predicted molar refractivity (Wildman–Crippen MR) is 77.3 cm³/mol. The fourth-order valence-electron chi connectivity index (χ4n) is 2.63. The van der Waals surface area contributed by atoms with E-state index < -0.39 is 0 Å². The highest BCUT2D eigenvalue weighted by Gasteiger charge is 2.31. The van der Waals surface area contributed by atoms with Gasteiger partial charge < -0.3 is 4.74 Å². The molecule has 0 heterocycles. The number of halogens is 1. The Bertz CT molecular complexity index is 396. The van der Waals surface area contributed by atoms with E-state index in [2.05, 4.69) is 39.0 Å². The molecule has 0 aliphatic heterocycles. The Hall–Kier alpha value is -0.530. The Labute approximate surface area is 115 Å². The molecule has 0 aromatic heterocycles. The maximum Gasteiger partial charge on any atom is 0.0588 e. The van der Waals surface area contributed by atoms with E-state index in [1.165, 1.54) is 29.5 Å². The Balaban J connectivity index is 1.85. The van der Waals surface area contributed by atoms with Crippen LogP contribution in [0.15, 0.2) is 18.2 Å². The first kappa shape index (κ1) is 13.9. The molecule has 0 spiro atoms.